The van der Waals surface area contributed by atoms with E-state index in [1.807, 2.05) is 0 Å². The minimum atomic E-state index is -2.49. The smallest absolute Gasteiger partial charge is 0.304 e. The lowest BCUT2D eigenvalue weighted by Crippen LogP contribution is -1.98. The topological polar surface area (TPSA) is 20.2 Å². The van der Waals surface area contributed by atoms with E-state index in [1.54, 1.807) is 6.07 Å². The summed E-state index contributed by atoms with van der Waals surface area (Å²) in [5.41, 5.74) is 0.104. The summed E-state index contributed by atoms with van der Waals surface area (Å²) < 4.78 is 35.9. The molecule has 0 heterocycles. The van der Waals surface area contributed by atoms with E-state index in [9.17, 15) is 13.2 Å². The summed E-state index contributed by atoms with van der Waals surface area (Å²) in [6, 6.07) is 7.44. The molecule has 0 fully saturated rings. The lowest BCUT2D eigenvalue weighted by atomic mass is 10.1. The Morgan fingerprint density at radius 3 is 2.08 bits per heavy atom. The molecule has 4 heteroatoms. The highest BCUT2D eigenvalue weighted by atomic mass is 19.3. The van der Waals surface area contributed by atoms with E-state index in [0.717, 1.165) is 0 Å². The van der Waals surface area contributed by atoms with Gasteiger partial charge in [-0.3, -0.25) is 0 Å². The van der Waals surface area contributed by atoms with Gasteiger partial charge in [0.05, 0.1) is 0 Å². The van der Waals surface area contributed by atoms with Crippen LogP contribution in [-0.2, 0) is 0 Å². The second-order valence-corrected chi connectivity index (χ2v) is 2.42. The standard InChI is InChI=1S/C9H7F3O/c10-7(9(11)12)8(13)6-4-2-1-3-5-6/h1-5,8,13H. The number of hydrogen-bond acceptors (Lipinski definition) is 1. The van der Waals surface area contributed by atoms with Crippen molar-refractivity contribution in [3.8, 4) is 0 Å². The average Bonchev–Trinajstić information content (AvgIpc) is 2.17. The van der Waals surface area contributed by atoms with Crippen molar-refractivity contribution < 1.29 is 18.3 Å². The highest BCUT2D eigenvalue weighted by Gasteiger charge is 2.17. The maximum atomic E-state index is 12.5. The molecule has 1 nitrogen and oxygen atoms in total. The third-order valence-electron chi connectivity index (χ3n) is 1.54. The molecule has 1 unspecified atom stereocenters. The van der Waals surface area contributed by atoms with E-state index in [0.29, 0.717) is 0 Å². The van der Waals surface area contributed by atoms with Gasteiger partial charge in [-0.2, -0.15) is 8.78 Å². The van der Waals surface area contributed by atoms with Crippen LogP contribution >= 0.6 is 0 Å². The van der Waals surface area contributed by atoms with Crippen LogP contribution in [0, 0.1) is 0 Å². The molecule has 0 amide bonds. The molecule has 0 aliphatic carbocycles. The predicted octanol–water partition coefficient (Wildman–Crippen LogP) is 2.80. The average molecular weight is 188 g/mol. The molecular weight excluding hydrogens is 181 g/mol. The number of rotatable bonds is 2. The van der Waals surface area contributed by atoms with Crippen LogP contribution in [0.4, 0.5) is 13.2 Å². The molecule has 70 valence electrons. The Kier molecular flexibility index (Phi) is 3.08. The van der Waals surface area contributed by atoms with Crippen molar-refractivity contribution in [2.24, 2.45) is 0 Å². The summed E-state index contributed by atoms with van der Waals surface area (Å²) >= 11 is 0. The second kappa shape index (κ2) is 4.09. The Bertz CT molecular complexity index is 304. The Labute approximate surface area is 73.1 Å². The zero-order chi connectivity index (χ0) is 9.84. The van der Waals surface area contributed by atoms with E-state index in [-0.39, 0.29) is 5.56 Å². The van der Waals surface area contributed by atoms with Crippen LogP contribution in [-0.4, -0.2) is 5.11 Å². The molecule has 1 N–H and O–H groups in total. The molecule has 0 saturated carbocycles. The van der Waals surface area contributed by atoms with Gasteiger partial charge >= 0.3 is 6.08 Å². The number of aliphatic hydroxyl groups is 1. The maximum Gasteiger partial charge on any atom is 0.304 e. The fraction of sp³-hybridized carbons (Fsp3) is 0.111. The Hall–Kier alpha value is -1.29. The molecule has 0 aliphatic rings. The van der Waals surface area contributed by atoms with Gasteiger partial charge in [0.25, 0.3) is 0 Å². The van der Waals surface area contributed by atoms with E-state index < -0.39 is 18.0 Å². The quantitative estimate of drug-likeness (QED) is 0.756. The number of aliphatic hydroxyl groups excluding tert-OH is 1. The molecule has 0 saturated heterocycles. The van der Waals surface area contributed by atoms with Gasteiger partial charge in [0.2, 0.25) is 0 Å². The van der Waals surface area contributed by atoms with Crippen LogP contribution in [0.2, 0.25) is 0 Å². The van der Waals surface area contributed by atoms with Gasteiger partial charge in [0, 0.05) is 0 Å². The first kappa shape index (κ1) is 9.80. The second-order valence-electron chi connectivity index (χ2n) is 2.42. The van der Waals surface area contributed by atoms with Crippen molar-refractivity contribution in [1.29, 1.82) is 0 Å². The van der Waals surface area contributed by atoms with Crippen molar-refractivity contribution in [2.45, 2.75) is 6.10 Å². The third kappa shape index (κ3) is 2.32. The molecule has 1 rings (SSSR count). The van der Waals surface area contributed by atoms with E-state index >= 15 is 0 Å². The lowest BCUT2D eigenvalue weighted by Gasteiger charge is -2.06. The SMILES string of the molecule is OC(C(F)=C(F)F)c1ccccc1. The maximum absolute atomic E-state index is 12.5. The number of benzene rings is 1. The monoisotopic (exact) mass is 188 g/mol. The van der Waals surface area contributed by atoms with Gasteiger partial charge in [0.1, 0.15) is 6.10 Å². The largest absolute Gasteiger partial charge is 0.381 e. The first-order valence-electron chi connectivity index (χ1n) is 3.56. The number of hydrogen-bond donors (Lipinski definition) is 1. The van der Waals surface area contributed by atoms with E-state index in [4.69, 9.17) is 5.11 Å². The minimum absolute atomic E-state index is 0.104. The van der Waals surface area contributed by atoms with E-state index in [1.165, 1.54) is 24.3 Å². The van der Waals surface area contributed by atoms with Crippen LogP contribution in [0.25, 0.3) is 0 Å². The van der Waals surface area contributed by atoms with Gasteiger partial charge in [-0.15, -0.1) is 0 Å². The van der Waals surface area contributed by atoms with Gasteiger partial charge in [-0.1, -0.05) is 30.3 Å². The summed E-state index contributed by atoms with van der Waals surface area (Å²) in [7, 11) is 0. The third-order valence-corrected chi connectivity index (χ3v) is 1.54. The van der Waals surface area contributed by atoms with Crippen molar-refractivity contribution in [3.05, 3.63) is 47.8 Å². The highest BCUT2D eigenvalue weighted by molar-refractivity contribution is 5.23. The summed E-state index contributed by atoms with van der Waals surface area (Å²) in [5.74, 6) is -1.80. The van der Waals surface area contributed by atoms with Crippen molar-refractivity contribution in [1.82, 2.24) is 0 Å². The first-order chi connectivity index (χ1) is 6.13. The molecule has 13 heavy (non-hydrogen) atoms. The zero-order valence-electron chi connectivity index (χ0n) is 6.55. The Morgan fingerprint density at radius 2 is 1.62 bits per heavy atom. The summed E-state index contributed by atoms with van der Waals surface area (Å²) in [4.78, 5) is 0. The van der Waals surface area contributed by atoms with Crippen LogP contribution in [0.3, 0.4) is 0 Å². The van der Waals surface area contributed by atoms with Crippen LogP contribution < -0.4 is 0 Å². The lowest BCUT2D eigenvalue weighted by molar-refractivity contribution is 0.171. The Balaban J connectivity index is 2.93. The fourth-order valence-electron chi connectivity index (χ4n) is 0.885. The predicted molar refractivity (Wildman–Crippen MR) is 41.8 cm³/mol. The van der Waals surface area contributed by atoms with Crippen molar-refractivity contribution in [3.63, 3.8) is 0 Å². The molecule has 0 spiro atoms. The highest BCUT2D eigenvalue weighted by Crippen LogP contribution is 2.25. The van der Waals surface area contributed by atoms with Gasteiger partial charge in [0.15, 0.2) is 5.83 Å². The normalized spacial score (nSPS) is 12.3. The van der Waals surface area contributed by atoms with Crippen LogP contribution in [0.1, 0.15) is 11.7 Å². The zero-order valence-corrected chi connectivity index (χ0v) is 6.55. The van der Waals surface area contributed by atoms with Gasteiger partial charge in [-0.05, 0) is 5.56 Å². The summed E-state index contributed by atoms with van der Waals surface area (Å²) in [5, 5.41) is 9.05. The van der Waals surface area contributed by atoms with Crippen LogP contribution in [0.5, 0.6) is 0 Å². The fourth-order valence-corrected chi connectivity index (χ4v) is 0.885. The summed E-state index contributed by atoms with van der Waals surface area (Å²) in [6.45, 7) is 0. The molecule has 1 aromatic rings. The number of halogens is 3. The minimum Gasteiger partial charge on any atom is -0.381 e. The molecule has 1 aromatic carbocycles. The molecule has 1 atom stereocenters. The van der Waals surface area contributed by atoms with Gasteiger partial charge < -0.3 is 5.11 Å². The van der Waals surface area contributed by atoms with Gasteiger partial charge in [-0.25, -0.2) is 4.39 Å². The Morgan fingerprint density at radius 1 is 1.08 bits per heavy atom. The molecule has 0 aromatic heterocycles. The summed E-state index contributed by atoms with van der Waals surface area (Å²) in [6.07, 6.45) is -4.36. The first-order valence-corrected chi connectivity index (χ1v) is 3.56. The molecule has 0 aliphatic heterocycles. The molecule has 0 bridgehead atoms. The van der Waals surface area contributed by atoms with Crippen molar-refractivity contribution >= 4 is 0 Å². The van der Waals surface area contributed by atoms with Crippen molar-refractivity contribution in [2.75, 3.05) is 0 Å². The molecule has 0 radical (unpaired) electrons. The van der Waals surface area contributed by atoms with Crippen LogP contribution in [0.15, 0.2) is 42.2 Å². The van der Waals surface area contributed by atoms with E-state index in [2.05, 4.69) is 0 Å². The molecular formula is C9H7F3O.